The van der Waals surface area contributed by atoms with Gasteiger partial charge >= 0.3 is 7.60 Å². The average molecular weight is 262 g/mol. The van der Waals surface area contributed by atoms with Gasteiger partial charge in [-0.15, -0.1) is 0 Å². The lowest BCUT2D eigenvalue weighted by atomic mass is 10.1. The standard InChI is InChI=1S/C12H23O4P/c1-9(2)15-17(14,16-10(3)4)12-7-5-6-11(13)8-12/h8-11,13H,5-7H2,1-4H3. The topological polar surface area (TPSA) is 55.8 Å². The summed E-state index contributed by atoms with van der Waals surface area (Å²) in [6.45, 7) is 7.32. The first-order chi connectivity index (χ1) is 7.83. The maximum absolute atomic E-state index is 12.7. The Morgan fingerprint density at radius 2 is 1.82 bits per heavy atom. The first-order valence-corrected chi connectivity index (χ1v) is 7.74. The molecule has 1 atom stereocenters. The lowest BCUT2D eigenvalue weighted by molar-refractivity contribution is 0.144. The van der Waals surface area contributed by atoms with Crippen LogP contribution >= 0.6 is 7.60 Å². The molecule has 0 aromatic carbocycles. The molecule has 1 aliphatic carbocycles. The van der Waals surface area contributed by atoms with Gasteiger partial charge < -0.3 is 14.2 Å². The molecule has 1 unspecified atom stereocenters. The molecule has 17 heavy (non-hydrogen) atoms. The highest BCUT2D eigenvalue weighted by Gasteiger charge is 2.34. The summed E-state index contributed by atoms with van der Waals surface area (Å²) in [6, 6.07) is 0. The summed E-state index contributed by atoms with van der Waals surface area (Å²) in [5, 5.41) is 10.2. The van der Waals surface area contributed by atoms with E-state index in [1.54, 1.807) is 6.08 Å². The van der Waals surface area contributed by atoms with Crippen molar-refractivity contribution in [1.29, 1.82) is 0 Å². The van der Waals surface area contributed by atoms with Crippen molar-refractivity contribution in [3.63, 3.8) is 0 Å². The summed E-state index contributed by atoms with van der Waals surface area (Å²) >= 11 is 0. The Morgan fingerprint density at radius 1 is 1.29 bits per heavy atom. The molecule has 1 aliphatic rings. The van der Waals surface area contributed by atoms with Crippen LogP contribution in [0.1, 0.15) is 47.0 Å². The minimum absolute atomic E-state index is 0.167. The fourth-order valence-corrected chi connectivity index (χ4v) is 4.04. The van der Waals surface area contributed by atoms with Crippen LogP contribution < -0.4 is 0 Å². The molecule has 5 heteroatoms. The molecule has 0 fully saturated rings. The summed E-state index contributed by atoms with van der Waals surface area (Å²) < 4.78 is 23.7. The predicted octanol–water partition coefficient (Wildman–Crippen LogP) is 3.46. The predicted molar refractivity (Wildman–Crippen MR) is 68.0 cm³/mol. The molecule has 0 aromatic heterocycles. The third kappa shape index (κ3) is 4.55. The maximum atomic E-state index is 12.7. The third-order valence-electron chi connectivity index (χ3n) is 2.37. The molecule has 1 rings (SSSR count). The highest BCUT2D eigenvalue weighted by molar-refractivity contribution is 7.58. The maximum Gasteiger partial charge on any atom is 0.357 e. The highest BCUT2D eigenvalue weighted by atomic mass is 31.2. The molecule has 0 heterocycles. The molecular formula is C12H23O4P. The van der Waals surface area contributed by atoms with E-state index in [9.17, 15) is 9.67 Å². The molecule has 0 saturated carbocycles. The lowest BCUT2D eigenvalue weighted by Crippen LogP contribution is -2.14. The number of aliphatic hydroxyl groups is 1. The van der Waals surface area contributed by atoms with Gasteiger partial charge in [0, 0.05) is 5.31 Å². The van der Waals surface area contributed by atoms with Gasteiger partial charge in [-0.2, -0.15) is 0 Å². The molecule has 0 aliphatic heterocycles. The second-order valence-corrected chi connectivity index (χ2v) is 6.91. The third-order valence-corrected chi connectivity index (χ3v) is 4.84. The zero-order chi connectivity index (χ0) is 13.1. The number of hydrogen-bond acceptors (Lipinski definition) is 4. The number of hydrogen-bond donors (Lipinski definition) is 1. The molecule has 0 bridgehead atoms. The fraction of sp³-hybridized carbons (Fsp3) is 0.833. The van der Waals surface area contributed by atoms with E-state index in [4.69, 9.17) is 9.05 Å². The van der Waals surface area contributed by atoms with Crippen molar-refractivity contribution < 1.29 is 18.7 Å². The van der Waals surface area contributed by atoms with Gasteiger partial charge in [-0.25, -0.2) is 0 Å². The first-order valence-electron chi connectivity index (χ1n) is 6.19. The van der Waals surface area contributed by atoms with Crippen molar-refractivity contribution in [2.24, 2.45) is 0 Å². The van der Waals surface area contributed by atoms with Gasteiger partial charge in [0.1, 0.15) is 0 Å². The van der Waals surface area contributed by atoms with Gasteiger partial charge in [-0.3, -0.25) is 4.57 Å². The van der Waals surface area contributed by atoms with Gasteiger partial charge in [0.15, 0.2) is 0 Å². The van der Waals surface area contributed by atoms with Crippen molar-refractivity contribution >= 4 is 7.60 Å². The SMILES string of the molecule is CC(C)OP(=O)(OC(C)C)C1=CC(O)CCC1. The summed E-state index contributed by atoms with van der Waals surface area (Å²) in [7, 11) is -3.24. The van der Waals surface area contributed by atoms with E-state index >= 15 is 0 Å². The zero-order valence-corrected chi connectivity index (χ0v) is 11.9. The van der Waals surface area contributed by atoms with Gasteiger partial charge in [0.2, 0.25) is 0 Å². The van der Waals surface area contributed by atoms with Gasteiger partial charge in [0.25, 0.3) is 0 Å². The Kier molecular flexibility index (Phi) is 5.39. The van der Waals surface area contributed by atoms with Crippen LogP contribution in [-0.4, -0.2) is 23.4 Å². The van der Waals surface area contributed by atoms with Gasteiger partial charge in [0.05, 0.1) is 18.3 Å². The van der Waals surface area contributed by atoms with E-state index in [2.05, 4.69) is 0 Å². The Labute approximate surface area is 104 Å². The molecule has 100 valence electrons. The van der Waals surface area contributed by atoms with Crippen molar-refractivity contribution in [2.45, 2.75) is 65.3 Å². The van der Waals surface area contributed by atoms with Crippen LogP contribution in [0.4, 0.5) is 0 Å². The summed E-state index contributed by atoms with van der Waals surface area (Å²) in [5.41, 5.74) is 0. The Hall–Kier alpha value is -0.150. The summed E-state index contributed by atoms with van der Waals surface area (Å²) in [4.78, 5) is 0. The van der Waals surface area contributed by atoms with Crippen LogP contribution in [0.5, 0.6) is 0 Å². The van der Waals surface area contributed by atoms with Crippen LogP contribution in [0.25, 0.3) is 0 Å². The fourth-order valence-electron chi connectivity index (χ4n) is 1.82. The zero-order valence-electron chi connectivity index (χ0n) is 11.0. The molecular weight excluding hydrogens is 239 g/mol. The van der Waals surface area contributed by atoms with E-state index < -0.39 is 13.7 Å². The van der Waals surface area contributed by atoms with Crippen LogP contribution in [0.2, 0.25) is 0 Å². The molecule has 0 radical (unpaired) electrons. The minimum Gasteiger partial charge on any atom is -0.389 e. The van der Waals surface area contributed by atoms with E-state index in [1.165, 1.54) is 0 Å². The number of aliphatic hydroxyl groups excluding tert-OH is 1. The molecule has 0 spiro atoms. The van der Waals surface area contributed by atoms with E-state index in [0.29, 0.717) is 18.2 Å². The smallest absolute Gasteiger partial charge is 0.357 e. The summed E-state index contributed by atoms with van der Waals surface area (Å²) in [5.74, 6) is 0. The average Bonchev–Trinajstić information content (AvgIpc) is 2.14. The van der Waals surface area contributed by atoms with Crippen LogP contribution in [0.3, 0.4) is 0 Å². The molecule has 1 N–H and O–H groups in total. The molecule has 0 aromatic rings. The van der Waals surface area contributed by atoms with Crippen molar-refractivity contribution in [2.75, 3.05) is 0 Å². The normalized spacial score (nSPS) is 22.1. The Bertz CT molecular complexity index is 308. The van der Waals surface area contributed by atoms with Crippen LogP contribution in [0, 0.1) is 0 Å². The van der Waals surface area contributed by atoms with Crippen LogP contribution in [0.15, 0.2) is 11.4 Å². The lowest BCUT2D eigenvalue weighted by Gasteiger charge is -2.27. The highest BCUT2D eigenvalue weighted by Crippen LogP contribution is 2.60. The van der Waals surface area contributed by atoms with E-state index in [1.807, 2.05) is 27.7 Å². The van der Waals surface area contributed by atoms with Crippen molar-refractivity contribution in [3.05, 3.63) is 11.4 Å². The molecule has 4 nitrogen and oxygen atoms in total. The van der Waals surface area contributed by atoms with Crippen LogP contribution in [-0.2, 0) is 13.6 Å². The van der Waals surface area contributed by atoms with Crippen molar-refractivity contribution in [1.82, 2.24) is 0 Å². The molecule has 0 amide bonds. The monoisotopic (exact) mass is 262 g/mol. The second-order valence-electron chi connectivity index (χ2n) is 4.92. The Morgan fingerprint density at radius 3 is 2.24 bits per heavy atom. The molecule has 0 saturated heterocycles. The number of allylic oxidation sites excluding steroid dienone is 1. The van der Waals surface area contributed by atoms with Gasteiger partial charge in [-0.1, -0.05) is 0 Å². The second kappa shape index (κ2) is 6.14. The largest absolute Gasteiger partial charge is 0.389 e. The quantitative estimate of drug-likeness (QED) is 0.771. The Balaban J connectivity index is 2.92. The number of rotatable bonds is 5. The van der Waals surface area contributed by atoms with E-state index in [-0.39, 0.29) is 12.2 Å². The first kappa shape index (κ1) is 14.9. The van der Waals surface area contributed by atoms with Gasteiger partial charge in [-0.05, 0) is 53.0 Å². The van der Waals surface area contributed by atoms with E-state index in [0.717, 1.165) is 6.42 Å². The summed E-state index contributed by atoms with van der Waals surface area (Å²) in [6.07, 6.45) is 2.98. The van der Waals surface area contributed by atoms with Crippen molar-refractivity contribution in [3.8, 4) is 0 Å². The minimum atomic E-state index is -3.24.